The molecule has 7 nitrogen and oxygen atoms in total. The number of nitrogens with one attached hydrogen (secondary N) is 1. The van der Waals surface area contributed by atoms with Crippen LogP contribution in [0.5, 0.6) is 23.0 Å². The number of methoxy groups -OCH3 is 2. The zero-order valence-electron chi connectivity index (χ0n) is 16.4. The summed E-state index contributed by atoms with van der Waals surface area (Å²) in [6.45, 7) is -0.00413. The Bertz CT molecular complexity index is 1150. The first-order valence-electron chi connectivity index (χ1n) is 8.86. The molecule has 0 atom stereocenters. The standard InChI is InChI=1S/C21H21ClN2O5S/c1-27-16-9-7-14(20(12-16)28-2)13-24-30(25,26)21-11-15(23)8-10-19(21)29-18-6-4-3-5-17(18)22/h3-12,24H,13,23H2,1-2H3. The number of nitrogen functional groups attached to an aromatic ring is 1. The quantitative estimate of drug-likeness (QED) is 0.501. The van der Waals surface area contributed by atoms with Crippen molar-refractivity contribution in [3.05, 3.63) is 71.2 Å². The van der Waals surface area contributed by atoms with Crippen molar-refractivity contribution in [2.24, 2.45) is 0 Å². The van der Waals surface area contributed by atoms with Crippen LogP contribution in [0.25, 0.3) is 0 Å². The number of rotatable bonds is 8. The molecule has 0 aliphatic carbocycles. The first-order chi connectivity index (χ1) is 14.3. The van der Waals surface area contributed by atoms with Gasteiger partial charge in [-0.3, -0.25) is 0 Å². The number of hydrogen-bond acceptors (Lipinski definition) is 6. The van der Waals surface area contributed by atoms with E-state index >= 15 is 0 Å². The highest BCUT2D eigenvalue weighted by Gasteiger charge is 2.22. The molecule has 0 aromatic heterocycles. The largest absolute Gasteiger partial charge is 0.497 e. The summed E-state index contributed by atoms with van der Waals surface area (Å²) in [7, 11) is -0.931. The molecule has 0 aliphatic rings. The lowest BCUT2D eigenvalue weighted by Gasteiger charge is -2.15. The van der Waals surface area contributed by atoms with E-state index in [9.17, 15) is 8.42 Å². The minimum atomic E-state index is -3.97. The van der Waals surface area contributed by atoms with Crippen molar-refractivity contribution in [1.29, 1.82) is 0 Å². The minimum Gasteiger partial charge on any atom is -0.497 e. The minimum absolute atomic E-state index is 0.00413. The van der Waals surface area contributed by atoms with E-state index in [1.54, 1.807) is 48.5 Å². The molecule has 0 fully saturated rings. The lowest BCUT2D eigenvalue weighted by molar-refractivity contribution is 0.390. The molecular weight excluding hydrogens is 428 g/mol. The van der Waals surface area contributed by atoms with Crippen LogP contribution in [0.4, 0.5) is 5.69 Å². The SMILES string of the molecule is COc1ccc(CNS(=O)(=O)c2cc(N)ccc2Oc2ccccc2Cl)c(OC)c1. The van der Waals surface area contributed by atoms with Crippen LogP contribution in [0.15, 0.2) is 65.6 Å². The van der Waals surface area contributed by atoms with Crippen molar-refractivity contribution >= 4 is 27.3 Å². The zero-order chi connectivity index (χ0) is 21.7. The van der Waals surface area contributed by atoms with Crippen molar-refractivity contribution in [2.45, 2.75) is 11.4 Å². The predicted octanol–water partition coefficient (Wildman–Crippen LogP) is 4.21. The molecule has 0 bridgehead atoms. The number of benzene rings is 3. The Hall–Kier alpha value is -2.94. The van der Waals surface area contributed by atoms with Gasteiger partial charge in [0.15, 0.2) is 0 Å². The third-order valence-electron chi connectivity index (χ3n) is 4.26. The Morgan fingerprint density at radius 3 is 2.40 bits per heavy atom. The average molecular weight is 449 g/mol. The number of ether oxygens (including phenoxy) is 3. The van der Waals surface area contributed by atoms with Crippen LogP contribution in [-0.4, -0.2) is 22.6 Å². The van der Waals surface area contributed by atoms with E-state index in [0.717, 1.165) is 0 Å². The highest BCUT2D eigenvalue weighted by molar-refractivity contribution is 7.89. The second-order valence-corrected chi connectivity index (χ2v) is 8.38. The van der Waals surface area contributed by atoms with Crippen LogP contribution in [0.2, 0.25) is 5.02 Å². The lowest BCUT2D eigenvalue weighted by Crippen LogP contribution is -2.24. The third-order valence-corrected chi connectivity index (χ3v) is 6.00. The van der Waals surface area contributed by atoms with Gasteiger partial charge in [0.1, 0.15) is 27.9 Å². The Balaban J connectivity index is 1.89. The van der Waals surface area contributed by atoms with Crippen LogP contribution in [0.3, 0.4) is 0 Å². The van der Waals surface area contributed by atoms with Crippen LogP contribution < -0.4 is 24.7 Å². The van der Waals surface area contributed by atoms with Crippen LogP contribution in [0, 0.1) is 0 Å². The van der Waals surface area contributed by atoms with E-state index in [0.29, 0.717) is 27.8 Å². The number of halogens is 1. The summed E-state index contributed by atoms with van der Waals surface area (Å²) in [5.74, 6) is 1.53. The topological polar surface area (TPSA) is 99.9 Å². The Kier molecular flexibility index (Phi) is 6.71. The van der Waals surface area contributed by atoms with Crippen LogP contribution in [0.1, 0.15) is 5.56 Å². The van der Waals surface area contributed by atoms with Crippen LogP contribution >= 0.6 is 11.6 Å². The Labute approximate surface area is 180 Å². The molecule has 3 aromatic carbocycles. The van der Waals surface area contributed by atoms with Crippen molar-refractivity contribution in [3.8, 4) is 23.0 Å². The van der Waals surface area contributed by atoms with Gasteiger partial charge in [-0.25, -0.2) is 13.1 Å². The monoisotopic (exact) mass is 448 g/mol. The third kappa shape index (κ3) is 4.96. The molecule has 3 rings (SSSR count). The van der Waals surface area contributed by atoms with Gasteiger partial charge >= 0.3 is 0 Å². The fourth-order valence-corrected chi connectivity index (χ4v) is 4.05. The van der Waals surface area contributed by atoms with E-state index in [1.807, 2.05) is 0 Å². The lowest BCUT2D eigenvalue weighted by atomic mass is 10.2. The molecule has 3 N–H and O–H groups in total. The number of sulfonamides is 1. The first kappa shape index (κ1) is 21.8. The van der Waals surface area contributed by atoms with Crippen LogP contribution in [-0.2, 0) is 16.6 Å². The summed E-state index contributed by atoms with van der Waals surface area (Å²) in [6, 6.07) is 16.3. The zero-order valence-corrected chi connectivity index (χ0v) is 18.0. The van der Waals surface area contributed by atoms with Crippen molar-refractivity contribution in [2.75, 3.05) is 20.0 Å². The van der Waals surface area contributed by atoms with E-state index in [1.165, 1.54) is 26.4 Å². The molecular formula is C21H21ClN2O5S. The predicted molar refractivity (Wildman–Crippen MR) is 116 cm³/mol. The smallest absolute Gasteiger partial charge is 0.244 e. The summed E-state index contributed by atoms with van der Waals surface area (Å²) in [6.07, 6.45) is 0. The average Bonchev–Trinajstić information content (AvgIpc) is 2.74. The normalized spacial score (nSPS) is 11.2. The molecule has 3 aromatic rings. The summed E-state index contributed by atoms with van der Waals surface area (Å²) in [5, 5.41) is 0.355. The number of anilines is 1. The molecule has 0 amide bonds. The highest BCUT2D eigenvalue weighted by atomic mass is 35.5. The summed E-state index contributed by atoms with van der Waals surface area (Å²) in [5.41, 5.74) is 6.74. The van der Waals surface area contributed by atoms with Crippen molar-refractivity contribution < 1.29 is 22.6 Å². The molecule has 0 saturated heterocycles. The van der Waals surface area contributed by atoms with E-state index < -0.39 is 10.0 Å². The van der Waals surface area contributed by atoms with Gasteiger partial charge in [0.05, 0.1) is 19.2 Å². The molecule has 0 saturated carbocycles. The molecule has 0 heterocycles. The highest BCUT2D eigenvalue weighted by Crippen LogP contribution is 2.34. The second-order valence-electron chi connectivity index (χ2n) is 6.24. The van der Waals surface area contributed by atoms with Crippen molar-refractivity contribution in [1.82, 2.24) is 4.72 Å². The molecule has 0 spiro atoms. The Morgan fingerprint density at radius 2 is 1.70 bits per heavy atom. The number of hydrogen-bond donors (Lipinski definition) is 2. The molecule has 9 heteroatoms. The maximum Gasteiger partial charge on any atom is 0.244 e. The fourth-order valence-electron chi connectivity index (χ4n) is 2.71. The van der Waals surface area contributed by atoms with E-state index in [4.69, 9.17) is 31.5 Å². The maximum atomic E-state index is 13.0. The number of nitrogens with two attached hydrogens (primary N) is 1. The molecule has 30 heavy (non-hydrogen) atoms. The molecule has 0 unspecified atom stereocenters. The molecule has 0 aliphatic heterocycles. The van der Waals surface area contributed by atoms with Crippen molar-refractivity contribution in [3.63, 3.8) is 0 Å². The summed E-state index contributed by atoms with van der Waals surface area (Å²) >= 11 is 6.13. The van der Waals surface area contributed by atoms with Gasteiger partial charge in [-0.15, -0.1) is 0 Å². The van der Waals surface area contributed by atoms with Gasteiger partial charge in [-0.2, -0.15) is 0 Å². The molecule has 0 radical (unpaired) electrons. The van der Waals surface area contributed by atoms with Gasteiger partial charge in [-0.1, -0.05) is 29.8 Å². The van der Waals surface area contributed by atoms with Gasteiger partial charge in [0.25, 0.3) is 0 Å². The van der Waals surface area contributed by atoms with E-state index in [2.05, 4.69) is 4.72 Å². The molecule has 158 valence electrons. The Morgan fingerprint density at radius 1 is 0.933 bits per heavy atom. The van der Waals surface area contributed by atoms with Gasteiger partial charge in [0, 0.05) is 23.9 Å². The first-order valence-corrected chi connectivity index (χ1v) is 10.7. The van der Waals surface area contributed by atoms with Gasteiger partial charge in [0.2, 0.25) is 10.0 Å². The second kappa shape index (κ2) is 9.25. The number of para-hydroxylation sites is 1. The van der Waals surface area contributed by atoms with Gasteiger partial charge < -0.3 is 19.9 Å². The summed E-state index contributed by atoms with van der Waals surface area (Å²) in [4.78, 5) is -0.102. The van der Waals surface area contributed by atoms with Gasteiger partial charge in [-0.05, 0) is 36.4 Å². The van der Waals surface area contributed by atoms with E-state index in [-0.39, 0.29) is 22.9 Å². The summed E-state index contributed by atoms with van der Waals surface area (Å²) < 4.78 is 44.9. The fraction of sp³-hybridized carbons (Fsp3) is 0.143. The maximum absolute atomic E-state index is 13.0.